The van der Waals surface area contributed by atoms with Crippen molar-refractivity contribution in [3.8, 4) is 0 Å². The van der Waals surface area contributed by atoms with Crippen LogP contribution in [0.25, 0.3) is 0 Å². The number of dihydropyridines is 1. The lowest BCUT2D eigenvalue weighted by Crippen LogP contribution is -2.42. The van der Waals surface area contributed by atoms with Crippen LogP contribution in [-0.4, -0.2) is 35.7 Å². The van der Waals surface area contributed by atoms with Gasteiger partial charge in [-0.3, -0.25) is 9.89 Å². The largest absolute Gasteiger partial charge is 0.351 e. The van der Waals surface area contributed by atoms with E-state index in [1.54, 1.807) is 12.3 Å². The molecule has 0 aliphatic carbocycles. The van der Waals surface area contributed by atoms with Crippen LogP contribution in [0.1, 0.15) is 0 Å². The Morgan fingerprint density at radius 2 is 2.33 bits per heavy atom. The van der Waals surface area contributed by atoms with Crippen molar-refractivity contribution in [3.63, 3.8) is 0 Å². The number of fused-ring (bicyclic) bond motifs is 1. The average molecular weight is 164 g/mol. The number of amides is 2. The number of urea groups is 1. The maximum Gasteiger partial charge on any atom is 0.320 e. The van der Waals surface area contributed by atoms with E-state index in [9.17, 15) is 4.79 Å². The molecule has 2 atom stereocenters. The molecule has 2 heterocycles. The molecule has 0 saturated heterocycles. The number of nitrogens with zero attached hydrogens (tertiary/aromatic N) is 3. The van der Waals surface area contributed by atoms with E-state index in [2.05, 4.69) is 9.98 Å². The molecule has 62 valence electrons. The lowest BCUT2D eigenvalue weighted by molar-refractivity contribution is 0.225. The second-order valence-electron chi connectivity index (χ2n) is 2.60. The first-order valence-electron chi connectivity index (χ1n) is 3.60. The molecule has 0 bridgehead atoms. The fourth-order valence-electron chi connectivity index (χ4n) is 1.27. The van der Waals surface area contributed by atoms with Crippen molar-refractivity contribution in [3.05, 3.63) is 12.2 Å². The zero-order valence-electron chi connectivity index (χ0n) is 6.29. The van der Waals surface area contributed by atoms with Gasteiger partial charge in [0, 0.05) is 6.21 Å². The molecule has 2 aliphatic rings. The van der Waals surface area contributed by atoms with E-state index >= 15 is 0 Å². The molecule has 2 amide bonds. The van der Waals surface area contributed by atoms with Crippen LogP contribution >= 0.6 is 0 Å². The van der Waals surface area contributed by atoms with Crippen LogP contribution in [0.3, 0.4) is 0 Å². The molecule has 0 aromatic rings. The summed E-state index contributed by atoms with van der Waals surface area (Å²) in [6.45, 7) is 0. The van der Waals surface area contributed by atoms with Gasteiger partial charge < -0.3 is 5.73 Å². The molecule has 0 saturated carbocycles. The predicted octanol–water partition coefficient (Wildman–Crippen LogP) is -0.256. The van der Waals surface area contributed by atoms with Crippen molar-refractivity contribution in [1.29, 1.82) is 0 Å². The van der Waals surface area contributed by atoms with Gasteiger partial charge in [-0.05, 0) is 6.08 Å². The lowest BCUT2D eigenvalue weighted by atomic mass is 10.2. The van der Waals surface area contributed by atoms with E-state index in [1.807, 2.05) is 6.08 Å². The van der Waals surface area contributed by atoms with Crippen molar-refractivity contribution >= 4 is 18.6 Å². The normalized spacial score (nSPS) is 30.8. The Balaban J connectivity index is 2.24. The number of rotatable bonds is 0. The van der Waals surface area contributed by atoms with Gasteiger partial charge in [-0.15, -0.1) is 0 Å². The van der Waals surface area contributed by atoms with Crippen LogP contribution in [-0.2, 0) is 0 Å². The molecule has 5 nitrogen and oxygen atoms in total. The highest BCUT2D eigenvalue weighted by molar-refractivity contribution is 5.88. The van der Waals surface area contributed by atoms with E-state index in [4.69, 9.17) is 5.73 Å². The Labute approximate surface area is 69.3 Å². The molecule has 0 fully saturated rings. The van der Waals surface area contributed by atoms with Gasteiger partial charge in [0.2, 0.25) is 0 Å². The molecular formula is C7H8N4O. The van der Waals surface area contributed by atoms with Gasteiger partial charge in [0.25, 0.3) is 0 Å². The predicted molar refractivity (Wildman–Crippen MR) is 45.1 cm³/mol. The van der Waals surface area contributed by atoms with Crippen LogP contribution in [0.4, 0.5) is 4.79 Å². The zero-order valence-corrected chi connectivity index (χ0v) is 6.29. The quantitative estimate of drug-likeness (QED) is 0.526. The fraction of sp³-hybridized carbons (Fsp3) is 0.286. The van der Waals surface area contributed by atoms with E-state index in [0.29, 0.717) is 0 Å². The van der Waals surface area contributed by atoms with Gasteiger partial charge in [0.1, 0.15) is 6.04 Å². The van der Waals surface area contributed by atoms with E-state index in [0.717, 1.165) is 0 Å². The molecule has 0 radical (unpaired) electrons. The summed E-state index contributed by atoms with van der Waals surface area (Å²) in [5, 5.41) is 0. The van der Waals surface area contributed by atoms with E-state index in [-0.39, 0.29) is 12.2 Å². The van der Waals surface area contributed by atoms with Crippen LogP contribution in [0, 0.1) is 0 Å². The summed E-state index contributed by atoms with van der Waals surface area (Å²) in [5.74, 6) is 0. The van der Waals surface area contributed by atoms with Gasteiger partial charge in [-0.2, -0.15) is 0 Å². The minimum absolute atomic E-state index is 0.118. The Morgan fingerprint density at radius 3 is 3.08 bits per heavy atom. The summed E-state index contributed by atoms with van der Waals surface area (Å²) in [4.78, 5) is 20.3. The second kappa shape index (κ2) is 2.44. The summed E-state index contributed by atoms with van der Waals surface area (Å²) < 4.78 is 0. The number of aliphatic imine (C=N–C) groups is 2. The third-order valence-electron chi connectivity index (χ3n) is 1.86. The Bertz CT molecular complexity index is 294. The van der Waals surface area contributed by atoms with Crippen molar-refractivity contribution in [2.45, 2.75) is 12.2 Å². The first kappa shape index (κ1) is 7.02. The SMILES string of the molecule is NC(=O)N1C=NC2N=CC=CC21. The molecule has 2 N–H and O–H groups in total. The molecular weight excluding hydrogens is 156 g/mol. The van der Waals surface area contributed by atoms with E-state index in [1.165, 1.54) is 11.2 Å². The summed E-state index contributed by atoms with van der Waals surface area (Å²) in [7, 11) is 0. The monoisotopic (exact) mass is 164 g/mol. The molecule has 2 unspecified atom stereocenters. The number of allylic oxidation sites excluding steroid dienone is 1. The Hall–Kier alpha value is -1.65. The third kappa shape index (κ3) is 0.903. The number of primary amides is 1. The van der Waals surface area contributed by atoms with Gasteiger partial charge in [0.15, 0.2) is 6.17 Å². The Morgan fingerprint density at radius 1 is 1.50 bits per heavy atom. The highest BCUT2D eigenvalue weighted by Gasteiger charge is 2.31. The fourth-order valence-corrected chi connectivity index (χ4v) is 1.27. The van der Waals surface area contributed by atoms with Crippen molar-refractivity contribution in [1.82, 2.24) is 4.90 Å². The minimum atomic E-state index is -0.493. The molecule has 12 heavy (non-hydrogen) atoms. The van der Waals surface area contributed by atoms with Crippen molar-refractivity contribution in [2.75, 3.05) is 0 Å². The topological polar surface area (TPSA) is 71.1 Å². The lowest BCUT2D eigenvalue weighted by Gasteiger charge is -2.20. The summed E-state index contributed by atoms with van der Waals surface area (Å²) in [6, 6.07) is -0.611. The van der Waals surface area contributed by atoms with E-state index < -0.39 is 6.03 Å². The van der Waals surface area contributed by atoms with Gasteiger partial charge >= 0.3 is 6.03 Å². The number of hydrogen-bond donors (Lipinski definition) is 1. The number of hydrogen-bond acceptors (Lipinski definition) is 3. The van der Waals surface area contributed by atoms with Crippen LogP contribution in [0.2, 0.25) is 0 Å². The molecule has 2 aliphatic heterocycles. The molecule has 0 aromatic carbocycles. The number of carbonyl (C=O) groups excluding carboxylic acids is 1. The third-order valence-corrected chi connectivity index (χ3v) is 1.86. The van der Waals surface area contributed by atoms with Crippen molar-refractivity contribution in [2.24, 2.45) is 15.7 Å². The number of carbonyl (C=O) groups is 1. The molecule has 0 aromatic heterocycles. The smallest absolute Gasteiger partial charge is 0.320 e. The molecule has 0 spiro atoms. The zero-order chi connectivity index (χ0) is 8.55. The van der Waals surface area contributed by atoms with Crippen LogP contribution in [0.15, 0.2) is 22.1 Å². The summed E-state index contributed by atoms with van der Waals surface area (Å²) >= 11 is 0. The Kier molecular flexibility index (Phi) is 1.43. The summed E-state index contributed by atoms with van der Waals surface area (Å²) in [6.07, 6.45) is 6.55. The van der Waals surface area contributed by atoms with Crippen LogP contribution in [0.5, 0.6) is 0 Å². The number of nitrogens with two attached hydrogens (primary N) is 1. The maximum absolute atomic E-state index is 10.8. The standard InChI is InChI=1S/C7H8N4O/c8-7(12)11-4-10-6-5(11)2-1-3-9-6/h1-6H,(H2,8,12). The molecule has 5 heteroatoms. The maximum atomic E-state index is 10.8. The second-order valence-corrected chi connectivity index (χ2v) is 2.60. The van der Waals surface area contributed by atoms with Gasteiger partial charge in [-0.25, -0.2) is 9.79 Å². The summed E-state index contributed by atoms with van der Waals surface area (Å²) in [5.41, 5.74) is 5.11. The van der Waals surface area contributed by atoms with Crippen molar-refractivity contribution < 1.29 is 4.79 Å². The highest BCUT2D eigenvalue weighted by Crippen LogP contribution is 2.17. The first-order valence-corrected chi connectivity index (χ1v) is 3.60. The van der Waals surface area contributed by atoms with Gasteiger partial charge in [0.05, 0.1) is 6.34 Å². The van der Waals surface area contributed by atoms with Gasteiger partial charge in [-0.1, -0.05) is 6.08 Å². The average Bonchev–Trinajstić information content (AvgIpc) is 2.47. The minimum Gasteiger partial charge on any atom is -0.351 e. The first-order chi connectivity index (χ1) is 5.79. The molecule has 2 rings (SSSR count). The van der Waals surface area contributed by atoms with Crippen LogP contribution < -0.4 is 5.73 Å². The highest BCUT2D eigenvalue weighted by atomic mass is 16.2.